The first kappa shape index (κ1) is 15.9. The van der Waals surface area contributed by atoms with Gasteiger partial charge in [0.25, 0.3) is 0 Å². The van der Waals surface area contributed by atoms with E-state index < -0.39 is 0 Å². The SMILES string of the molecule is Cc1cc(N2CCC(c3nc[nH]c3C)CC2)n(-c2cccc(F)c2)n1. The Balaban J connectivity index is 1.57. The highest BCUT2D eigenvalue weighted by Gasteiger charge is 2.25. The number of halogens is 1. The highest BCUT2D eigenvalue weighted by molar-refractivity contribution is 5.49. The molecule has 130 valence electrons. The first-order chi connectivity index (χ1) is 12.1. The highest BCUT2D eigenvalue weighted by Crippen LogP contribution is 2.31. The van der Waals surface area contributed by atoms with Crippen molar-refractivity contribution in [3.63, 3.8) is 0 Å². The summed E-state index contributed by atoms with van der Waals surface area (Å²) in [5, 5.41) is 4.57. The largest absolute Gasteiger partial charge is 0.356 e. The van der Waals surface area contributed by atoms with Crippen molar-refractivity contribution in [2.75, 3.05) is 18.0 Å². The molecule has 1 saturated heterocycles. The molecule has 3 aromatic rings. The highest BCUT2D eigenvalue weighted by atomic mass is 19.1. The van der Waals surface area contributed by atoms with Crippen molar-refractivity contribution >= 4 is 5.82 Å². The summed E-state index contributed by atoms with van der Waals surface area (Å²) >= 11 is 0. The van der Waals surface area contributed by atoms with Crippen LogP contribution in [0, 0.1) is 19.7 Å². The van der Waals surface area contributed by atoms with E-state index in [-0.39, 0.29) is 5.82 Å². The van der Waals surface area contributed by atoms with Crippen molar-refractivity contribution in [1.82, 2.24) is 19.7 Å². The standard InChI is InChI=1S/C19H22FN5/c1-13-10-18(25(23-13)17-5-3-4-16(20)11-17)24-8-6-15(7-9-24)19-14(2)21-12-22-19/h3-5,10-12,15H,6-9H2,1-2H3,(H,21,22). The van der Waals surface area contributed by atoms with E-state index in [2.05, 4.69) is 33.0 Å². The maximum atomic E-state index is 13.6. The van der Waals surface area contributed by atoms with Crippen LogP contribution in [0.3, 0.4) is 0 Å². The molecule has 1 aliphatic rings. The summed E-state index contributed by atoms with van der Waals surface area (Å²) in [7, 11) is 0. The van der Waals surface area contributed by atoms with Gasteiger partial charge in [-0.2, -0.15) is 5.10 Å². The van der Waals surface area contributed by atoms with Gasteiger partial charge in [0, 0.05) is 30.8 Å². The molecule has 1 aliphatic heterocycles. The fourth-order valence-electron chi connectivity index (χ4n) is 3.67. The molecule has 2 aromatic heterocycles. The molecule has 0 aliphatic carbocycles. The zero-order valence-corrected chi connectivity index (χ0v) is 14.5. The molecule has 3 heterocycles. The Morgan fingerprint density at radius 3 is 2.64 bits per heavy atom. The molecule has 0 atom stereocenters. The molecule has 25 heavy (non-hydrogen) atoms. The van der Waals surface area contributed by atoms with E-state index in [9.17, 15) is 4.39 Å². The quantitative estimate of drug-likeness (QED) is 0.791. The van der Waals surface area contributed by atoms with Gasteiger partial charge in [0.2, 0.25) is 0 Å². The van der Waals surface area contributed by atoms with Crippen LogP contribution in [0.2, 0.25) is 0 Å². The van der Waals surface area contributed by atoms with Crippen molar-refractivity contribution in [2.45, 2.75) is 32.6 Å². The van der Waals surface area contributed by atoms with E-state index in [1.54, 1.807) is 12.4 Å². The van der Waals surface area contributed by atoms with Crippen molar-refractivity contribution in [2.24, 2.45) is 0 Å². The minimum atomic E-state index is -0.246. The van der Waals surface area contributed by atoms with E-state index in [0.29, 0.717) is 5.92 Å². The van der Waals surface area contributed by atoms with Crippen LogP contribution in [-0.4, -0.2) is 32.8 Å². The number of benzene rings is 1. The summed E-state index contributed by atoms with van der Waals surface area (Å²) in [6, 6.07) is 8.66. The average Bonchev–Trinajstić information content (AvgIpc) is 3.21. The van der Waals surface area contributed by atoms with Crippen LogP contribution >= 0.6 is 0 Å². The molecule has 0 amide bonds. The molecule has 5 nitrogen and oxygen atoms in total. The normalized spacial score (nSPS) is 15.7. The lowest BCUT2D eigenvalue weighted by Crippen LogP contribution is -2.34. The van der Waals surface area contributed by atoms with Crippen LogP contribution in [0.1, 0.15) is 35.8 Å². The number of nitrogens with one attached hydrogen (secondary N) is 1. The van der Waals surface area contributed by atoms with Gasteiger partial charge in [0.1, 0.15) is 11.6 Å². The van der Waals surface area contributed by atoms with E-state index in [4.69, 9.17) is 0 Å². The number of imidazole rings is 1. The molecule has 1 aromatic carbocycles. The summed E-state index contributed by atoms with van der Waals surface area (Å²) in [5.74, 6) is 1.28. The third kappa shape index (κ3) is 3.04. The topological polar surface area (TPSA) is 49.7 Å². The van der Waals surface area contributed by atoms with Crippen molar-refractivity contribution in [1.29, 1.82) is 0 Å². The Morgan fingerprint density at radius 1 is 1.16 bits per heavy atom. The molecule has 0 bridgehead atoms. The van der Waals surface area contributed by atoms with Gasteiger partial charge < -0.3 is 9.88 Å². The number of hydrogen-bond donors (Lipinski definition) is 1. The van der Waals surface area contributed by atoms with Gasteiger partial charge in [-0.25, -0.2) is 14.1 Å². The molecule has 6 heteroatoms. The Bertz CT molecular complexity index is 874. The molecule has 0 radical (unpaired) electrons. The molecular weight excluding hydrogens is 317 g/mol. The lowest BCUT2D eigenvalue weighted by molar-refractivity contribution is 0.490. The summed E-state index contributed by atoms with van der Waals surface area (Å²) < 4.78 is 15.5. The second kappa shape index (κ2) is 6.35. The second-order valence-electron chi connectivity index (χ2n) is 6.71. The zero-order chi connectivity index (χ0) is 17.4. The lowest BCUT2D eigenvalue weighted by Gasteiger charge is -2.33. The maximum Gasteiger partial charge on any atom is 0.132 e. The van der Waals surface area contributed by atoms with Crippen molar-refractivity contribution < 1.29 is 4.39 Å². The van der Waals surface area contributed by atoms with Gasteiger partial charge in [-0.3, -0.25) is 0 Å². The Kier molecular flexibility index (Phi) is 4.03. The van der Waals surface area contributed by atoms with Crippen LogP contribution in [0.5, 0.6) is 0 Å². The number of rotatable bonds is 3. The maximum absolute atomic E-state index is 13.6. The number of piperidine rings is 1. The molecule has 0 unspecified atom stereocenters. The van der Waals surface area contributed by atoms with Crippen molar-refractivity contribution in [3.05, 3.63) is 59.6 Å². The number of anilines is 1. The van der Waals surface area contributed by atoms with Gasteiger partial charge in [0.05, 0.1) is 23.4 Å². The zero-order valence-electron chi connectivity index (χ0n) is 14.5. The molecular formula is C19H22FN5. The first-order valence-electron chi connectivity index (χ1n) is 8.69. The van der Waals surface area contributed by atoms with Gasteiger partial charge in [-0.05, 0) is 44.9 Å². The summed E-state index contributed by atoms with van der Waals surface area (Å²) in [6.45, 7) is 5.94. The molecule has 1 N–H and O–H groups in total. The van der Waals surface area contributed by atoms with Gasteiger partial charge in [-0.15, -0.1) is 0 Å². The lowest BCUT2D eigenvalue weighted by atomic mass is 9.92. The van der Waals surface area contributed by atoms with E-state index in [0.717, 1.165) is 43.1 Å². The van der Waals surface area contributed by atoms with E-state index in [1.165, 1.54) is 23.5 Å². The fraction of sp³-hybridized carbons (Fsp3) is 0.368. The predicted molar refractivity (Wildman–Crippen MR) is 95.8 cm³/mol. The molecule has 0 spiro atoms. The Labute approximate surface area is 146 Å². The van der Waals surface area contributed by atoms with Gasteiger partial charge >= 0.3 is 0 Å². The number of hydrogen-bond acceptors (Lipinski definition) is 3. The van der Waals surface area contributed by atoms with Gasteiger partial charge in [-0.1, -0.05) is 6.07 Å². The first-order valence-corrected chi connectivity index (χ1v) is 8.69. The van der Waals surface area contributed by atoms with Crippen LogP contribution in [0.15, 0.2) is 36.7 Å². The molecule has 1 fully saturated rings. The Hall–Kier alpha value is -2.63. The predicted octanol–water partition coefficient (Wildman–Crippen LogP) is 3.74. The number of aryl methyl sites for hydroxylation is 2. The minimum absolute atomic E-state index is 0.246. The third-order valence-electron chi connectivity index (χ3n) is 4.94. The van der Waals surface area contributed by atoms with E-state index >= 15 is 0 Å². The fourth-order valence-corrected chi connectivity index (χ4v) is 3.67. The monoisotopic (exact) mass is 339 g/mol. The smallest absolute Gasteiger partial charge is 0.132 e. The summed E-state index contributed by atoms with van der Waals surface area (Å²) in [5.41, 5.74) is 4.05. The number of H-pyrrole nitrogens is 1. The van der Waals surface area contributed by atoms with Crippen LogP contribution < -0.4 is 4.90 Å². The van der Waals surface area contributed by atoms with Crippen molar-refractivity contribution in [3.8, 4) is 5.69 Å². The third-order valence-corrected chi connectivity index (χ3v) is 4.94. The average molecular weight is 339 g/mol. The second-order valence-corrected chi connectivity index (χ2v) is 6.71. The minimum Gasteiger partial charge on any atom is -0.356 e. The van der Waals surface area contributed by atoms with E-state index in [1.807, 2.05) is 17.7 Å². The summed E-state index contributed by atoms with van der Waals surface area (Å²) in [6.07, 6.45) is 3.89. The van der Waals surface area contributed by atoms with Crippen LogP contribution in [0.25, 0.3) is 5.69 Å². The number of nitrogens with zero attached hydrogens (tertiary/aromatic N) is 4. The number of aromatic amines is 1. The van der Waals surface area contributed by atoms with Crippen LogP contribution in [0.4, 0.5) is 10.2 Å². The summed E-state index contributed by atoms with van der Waals surface area (Å²) in [4.78, 5) is 9.99. The molecule has 4 rings (SSSR count). The number of aromatic nitrogens is 4. The van der Waals surface area contributed by atoms with Crippen LogP contribution in [-0.2, 0) is 0 Å². The Morgan fingerprint density at radius 2 is 1.96 bits per heavy atom. The molecule has 0 saturated carbocycles. The van der Waals surface area contributed by atoms with Gasteiger partial charge in [0.15, 0.2) is 0 Å².